The molecule has 0 radical (unpaired) electrons. The van der Waals surface area contributed by atoms with Crippen molar-refractivity contribution in [2.45, 2.75) is 26.1 Å². The number of para-hydroxylation sites is 4. The van der Waals surface area contributed by atoms with Crippen LogP contribution in [0, 0.1) is 12.9 Å². The molecule has 0 aliphatic carbocycles. The minimum Gasteiger partial charge on any atom is -0.656 e. The fourth-order valence-electron chi connectivity index (χ4n) is 7.87. The molecule has 4 heterocycles. The minimum atomic E-state index is -2.21. The van der Waals surface area contributed by atoms with E-state index < -0.39 is 6.85 Å². The number of nitrogens with zero attached hydrogens (tertiary/aromatic N) is 5. The quantitative estimate of drug-likeness (QED) is 0.166. The molecule has 6 heteroatoms. The van der Waals surface area contributed by atoms with E-state index >= 15 is 0 Å². The average Bonchev–Trinajstić information content (AvgIpc) is 3.77. The number of rotatable bonds is 4. The predicted octanol–water partition coefficient (Wildman–Crippen LogP) is 11.2. The molecule has 9 aromatic rings. The van der Waals surface area contributed by atoms with Crippen LogP contribution in [0.5, 0.6) is 0 Å². The van der Waals surface area contributed by atoms with Crippen molar-refractivity contribution in [2.24, 2.45) is 0 Å². The summed E-state index contributed by atoms with van der Waals surface area (Å²) in [5.41, 5.74) is 11.5. The average molecular weight is 854 g/mol. The van der Waals surface area contributed by atoms with Crippen molar-refractivity contribution in [1.29, 1.82) is 0 Å². The third kappa shape index (κ3) is 4.80. The van der Waals surface area contributed by atoms with E-state index in [0.29, 0.717) is 5.56 Å². The molecule has 0 atom stereocenters. The summed E-state index contributed by atoms with van der Waals surface area (Å²) in [6.07, 6.45) is 1.83. The van der Waals surface area contributed by atoms with Crippen LogP contribution in [0.2, 0.25) is 0 Å². The summed E-state index contributed by atoms with van der Waals surface area (Å²) in [5, 5.41) is 1.70. The van der Waals surface area contributed by atoms with E-state index in [1.54, 1.807) is 18.2 Å². The zero-order valence-electron chi connectivity index (χ0n) is 31.4. The van der Waals surface area contributed by atoms with Gasteiger partial charge in [-0.15, -0.1) is 34.8 Å². The fourth-order valence-corrected chi connectivity index (χ4v) is 7.87. The van der Waals surface area contributed by atoms with E-state index in [1.165, 1.54) is 11.1 Å². The van der Waals surface area contributed by atoms with Crippen LogP contribution in [-0.4, -0.2) is 14.5 Å². The molecule has 0 amide bonds. The zero-order valence-corrected chi connectivity index (χ0v) is 30.7. The third-order valence-corrected chi connectivity index (χ3v) is 10.3. The maximum Gasteiger partial charge on any atom is 2.00 e. The van der Waals surface area contributed by atoms with Gasteiger partial charge in [0.05, 0.1) is 11.0 Å². The van der Waals surface area contributed by atoms with Gasteiger partial charge < -0.3 is 9.88 Å². The van der Waals surface area contributed by atoms with Crippen LogP contribution in [0.3, 0.4) is 0 Å². The summed E-state index contributed by atoms with van der Waals surface area (Å²) in [4.78, 5) is 17.5. The van der Waals surface area contributed by atoms with Crippen molar-refractivity contribution in [3.63, 3.8) is 0 Å². The number of imidazole rings is 1. The van der Waals surface area contributed by atoms with Crippen LogP contribution in [0.15, 0.2) is 146 Å². The van der Waals surface area contributed by atoms with Gasteiger partial charge in [0.25, 0.3) is 0 Å². The van der Waals surface area contributed by atoms with E-state index in [0.717, 1.165) is 78.2 Å². The molecule has 0 spiro atoms. The van der Waals surface area contributed by atoms with Gasteiger partial charge in [-0.05, 0) is 70.7 Å². The summed E-state index contributed by atoms with van der Waals surface area (Å²) < 4.78 is 26.2. The Kier molecular flexibility index (Phi) is 6.76. The molecule has 1 aliphatic heterocycles. The SMILES string of the molecule is [2H]C([2H])([2H])c1ccc2[n-]c3c(-c4nc5c(-c6[c-]c7c(cc6)C(C)(C)c6ccccc6N7c6ccccn6)cccc5n4-c4ccccc4)cccc3c2c1.[Pt+2]. The molecule has 1 aliphatic rings. The molecule has 0 bridgehead atoms. The van der Waals surface area contributed by atoms with Crippen LogP contribution in [0.1, 0.15) is 34.7 Å². The van der Waals surface area contributed by atoms with E-state index in [2.05, 4.69) is 102 Å². The standard InChI is InChI=1S/C46H33N5.Pt/c1-29-22-25-38-35(27-29)33-16-11-17-34(43(33)48-38)45-49-44-32(15-12-20-40(44)50(45)31-13-5-4-6-14-31)30-23-24-37-41(28-30)51(42-21-9-10-26-47-42)39-19-8-7-18-36(39)46(37,2)3;/h4-27H,1-3H3;/q-2;+2/i1D3;. The molecule has 6 aromatic carbocycles. The molecular formula is C46H33N5Pt. The van der Waals surface area contributed by atoms with Crippen molar-refractivity contribution >= 4 is 50.0 Å². The van der Waals surface area contributed by atoms with Gasteiger partial charge in [0, 0.05) is 27.2 Å². The smallest absolute Gasteiger partial charge is 0.656 e. The number of benzene rings is 6. The van der Waals surface area contributed by atoms with Crippen LogP contribution >= 0.6 is 0 Å². The van der Waals surface area contributed by atoms with Crippen LogP contribution in [0.4, 0.5) is 17.2 Å². The Morgan fingerprint density at radius 3 is 2.38 bits per heavy atom. The number of anilines is 3. The fraction of sp³-hybridized carbons (Fsp3) is 0.0870. The topological polar surface area (TPSA) is 48.1 Å². The molecule has 0 saturated heterocycles. The monoisotopic (exact) mass is 853 g/mol. The second-order valence-corrected chi connectivity index (χ2v) is 13.6. The summed E-state index contributed by atoms with van der Waals surface area (Å²) in [6, 6.07) is 50.6. The van der Waals surface area contributed by atoms with Gasteiger partial charge in [0.1, 0.15) is 11.6 Å². The number of pyridine rings is 1. The largest absolute Gasteiger partial charge is 2.00 e. The Labute approximate surface area is 321 Å². The van der Waals surface area contributed by atoms with E-state index in [9.17, 15) is 0 Å². The maximum atomic E-state index is 8.01. The second kappa shape index (κ2) is 12.2. The molecule has 5 nitrogen and oxygen atoms in total. The van der Waals surface area contributed by atoms with E-state index in [-0.39, 0.29) is 26.5 Å². The normalized spacial score (nSPS) is 14.3. The summed E-state index contributed by atoms with van der Waals surface area (Å²) in [6.45, 7) is 2.33. The first-order valence-corrected chi connectivity index (χ1v) is 17.1. The van der Waals surface area contributed by atoms with Crippen molar-refractivity contribution in [3.05, 3.63) is 168 Å². The Morgan fingerprint density at radius 1 is 0.731 bits per heavy atom. The number of aryl methyl sites for hydroxylation is 1. The Bertz CT molecular complexity index is 2910. The molecule has 3 aromatic heterocycles. The van der Waals surface area contributed by atoms with Crippen molar-refractivity contribution in [1.82, 2.24) is 19.5 Å². The molecular weight excluding hydrogens is 818 g/mol. The van der Waals surface area contributed by atoms with Gasteiger partial charge in [0.15, 0.2) is 0 Å². The number of fused-ring (bicyclic) bond motifs is 6. The molecule has 0 N–H and O–H groups in total. The molecule has 0 unspecified atom stereocenters. The minimum absolute atomic E-state index is 0. The summed E-state index contributed by atoms with van der Waals surface area (Å²) >= 11 is 0. The summed E-state index contributed by atoms with van der Waals surface area (Å²) in [7, 11) is 0. The van der Waals surface area contributed by atoms with Crippen LogP contribution < -0.4 is 9.88 Å². The Morgan fingerprint density at radius 2 is 1.54 bits per heavy atom. The van der Waals surface area contributed by atoms with Crippen LogP contribution in [-0.2, 0) is 26.5 Å². The van der Waals surface area contributed by atoms with Gasteiger partial charge in [0.2, 0.25) is 0 Å². The maximum absolute atomic E-state index is 8.01. The molecule has 10 rings (SSSR count). The Hall–Kier alpha value is -5.77. The van der Waals surface area contributed by atoms with Crippen molar-refractivity contribution < 1.29 is 25.2 Å². The van der Waals surface area contributed by atoms with Crippen molar-refractivity contribution in [3.8, 4) is 28.2 Å². The van der Waals surface area contributed by atoms with Crippen molar-refractivity contribution in [2.75, 3.05) is 4.90 Å². The van der Waals surface area contributed by atoms with Gasteiger partial charge in [-0.1, -0.05) is 122 Å². The van der Waals surface area contributed by atoms with E-state index in [1.807, 2.05) is 54.7 Å². The predicted molar refractivity (Wildman–Crippen MR) is 208 cm³/mol. The number of aromatic nitrogens is 4. The third-order valence-electron chi connectivity index (χ3n) is 10.3. The number of hydrogen-bond acceptors (Lipinski definition) is 3. The Balaban J connectivity index is 0.00000397. The molecule has 252 valence electrons. The molecule has 52 heavy (non-hydrogen) atoms. The van der Waals surface area contributed by atoms with Gasteiger partial charge >= 0.3 is 21.1 Å². The first-order chi connectivity index (χ1) is 26.2. The van der Waals surface area contributed by atoms with Gasteiger partial charge in [-0.25, -0.2) is 9.97 Å². The molecule has 0 saturated carbocycles. The van der Waals surface area contributed by atoms with E-state index in [4.69, 9.17) is 19.1 Å². The summed E-state index contributed by atoms with van der Waals surface area (Å²) in [5.74, 6) is 1.58. The van der Waals surface area contributed by atoms with Crippen LogP contribution in [0.25, 0.3) is 61.0 Å². The first-order valence-electron chi connectivity index (χ1n) is 18.6. The molecule has 0 fully saturated rings. The number of hydrogen-bond donors (Lipinski definition) is 0. The second-order valence-electron chi connectivity index (χ2n) is 13.6. The van der Waals surface area contributed by atoms with Gasteiger partial charge in [-0.2, -0.15) is 0 Å². The van der Waals surface area contributed by atoms with Gasteiger partial charge in [-0.3, -0.25) is 4.57 Å². The zero-order chi connectivity index (χ0) is 36.8. The first kappa shape index (κ1) is 28.9.